The molecule has 0 bridgehead atoms. The Kier molecular flexibility index (Phi) is 7.21. The van der Waals surface area contributed by atoms with E-state index in [4.69, 9.17) is 4.74 Å². The summed E-state index contributed by atoms with van der Waals surface area (Å²) < 4.78 is 91.4. The molecule has 0 saturated carbocycles. The molecule has 0 unspecified atom stereocenters. The summed E-state index contributed by atoms with van der Waals surface area (Å²) >= 11 is 0. The average Bonchev–Trinajstić information content (AvgIpc) is 3.16. The van der Waals surface area contributed by atoms with E-state index in [9.17, 15) is 25.6 Å². The first kappa shape index (κ1) is 25.9. The van der Waals surface area contributed by atoms with Gasteiger partial charge in [0.1, 0.15) is 18.1 Å². The van der Waals surface area contributed by atoms with Gasteiger partial charge in [-0.2, -0.15) is 9.39 Å². The van der Waals surface area contributed by atoms with Gasteiger partial charge in [0.25, 0.3) is 0 Å². The summed E-state index contributed by atoms with van der Waals surface area (Å²) in [6, 6.07) is 8.09. The standard InChI is InChI=1S/C23H23F2N4O5S2/c1-3-10-35(30,31)29-19-9-8-18(24)16(22(19)25)11-21-17-12-20(27-23(17)28-21)14-4-6-15(7-5-14)36(32,33)26-13-34-2/h4-9,12,26,29H,3,10-11,13H2,1-2H3/q+1. The number of halogens is 2. The number of hydrogen-bond acceptors (Lipinski definition) is 6. The third kappa shape index (κ3) is 5.30. The van der Waals surface area contributed by atoms with Crippen molar-refractivity contribution < 1.29 is 30.4 Å². The summed E-state index contributed by atoms with van der Waals surface area (Å²) in [6.45, 7) is 1.52. The van der Waals surface area contributed by atoms with E-state index < -0.39 is 31.7 Å². The van der Waals surface area contributed by atoms with Gasteiger partial charge in [-0.05, 0) is 47.8 Å². The molecule has 9 nitrogen and oxygen atoms in total. The highest BCUT2D eigenvalue weighted by atomic mass is 32.2. The number of allylic oxidation sites excluding steroid dienone is 1. The predicted octanol–water partition coefficient (Wildman–Crippen LogP) is 1.89. The maximum atomic E-state index is 15.0. The van der Waals surface area contributed by atoms with Gasteiger partial charge in [-0.3, -0.25) is 4.72 Å². The Labute approximate surface area is 207 Å². The normalized spacial score (nSPS) is 14.9. The second-order valence-corrected chi connectivity index (χ2v) is 11.6. The van der Waals surface area contributed by atoms with E-state index in [-0.39, 0.29) is 35.1 Å². The fourth-order valence-corrected chi connectivity index (χ4v) is 5.71. The van der Waals surface area contributed by atoms with Gasteiger partial charge < -0.3 is 4.74 Å². The number of ether oxygens (including phenoxy) is 1. The lowest BCUT2D eigenvalue weighted by Crippen LogP contribution is -2.26. The molecule has 2 N–H and O–H groups in total. The first-order valence-electron chi connectivity index (χ1n) is 10.9. The van der Waals surface area contributed by atoms with E-state index in [1.807, 2.05) is 0 Å². The topological polar surface area (TPSA) is 128 Å². The van der Waals surface area contributed by atoms with Crippen LogP contribution >= 0.6 is 0 Å². The SMILES string of the molecule is CCCS(=O)(=O)Nc1ccc(F)c(CC2=NC3=[N+]=C(c4ccc(S(=O)(=O)NCOC)cc4)C=C23)c1F. The molecular weight excluding hydrogens is 514 g/mol. The Bertz CT molecular complexity index is 1560. The molecule has 190 valence electrons. The Hall–Kier alpha value is -3.22. The maximum Gasteiger partial charge on any atom is 0.427 e. The quantitative estimate of drug-likeness (QED) is 0.334. The van der Waals surface area contributed by atoms with Gasteiger partial charge in [0.2, 0.25) is 25.8 Å². The van der Waals surface area contributed by atoms with E-state index in [1.54, 1.807) is 25.1 Å². The van der Waals surface area contributed by atoms with Gasteiger partial charge in [-0.15, -0.1) is 0 Å². The minimum Gasteiger partial charge on any atom is -0.369 e. The average molecular weight is 538 g/mol. The first-order chi connectivity index (χ1) is 17.0. The molecule has 0 fully saturated rings. The predicted molar refractivity (Wildman–Crippen MR) is 133 cm³/mol. The monoisotopic (exact) mass is 537 g/mol. The highest BCUT2D eigenvalue weighted by Gasteiger charge is 2.41. The summed E-state index contributed by atoms with van der Waals surface area (Å²) in [5.74, 6) is -1.60. The Morgan fingerprint density at radius 1 is 1.06 bits per heavy atom. The number of nitrogens with one attached hydrogen (secondary N) is 2. The van der Waals surface area contributed by atoms with Crippen molar-refractivity contribution in [2.24, 2.45) is 4.99 Å². The summed E-state index contributed by atoms with van der Waals surface area (Å²) in [7, 11) is -6.10. The summed E-state index contributed by atoms with van der Waals surface area (Å²) in [5, 5.41) is 0. The second kappa shape index (κ2) is 10.0. The van der Waals surface area contributed by atoms with Crippen molar-refractivity contribution in [3.05, 3.63) is 70.8 Å². The molecule has 2 aromatic rings. The first-order valence-corrected chi connectivity index (χ1v) is 14.0. The van der Waals surface area contributed by atoms with E-state index in [0.29, 0.717) is 34.8 Å². The van der Waals surface area contributed by atoms with Crippen molar-refractivity contribution in [1.82, 2.24) is 9.39 Å². The van der Waals surface area contributed by atoms with E-state index >= 15 is 0 Å². The molecular formula is C23H23F2N4O5S2+. The number of fused-ring (bicyclic) bond motifs is 1. The molecule has 0 aromatic heterocycles. The molecule has 0 amide bonds. The second-order valence-electron chi connectivity index (χ2n) is 8.03. The van der Waals surface area contributed by atoms with Gasteiger partial charge >= 0.3 is 5.84 Å². The molecule has 0 atom stereocenters. The Morgan fingerprint density at radius 3 is 2.44 bits per heavy atom. The van der Waals surface area contributed by atoms with Crippen LogP contribution in [0.4, 0.5) is 14.5 Å². The third-order valence-electron chi connectivity index (χ3n) is 5.42. The Morgan fingerprint density at radius 2 is 1.78 bits per heavy atom. The van der Waals surface area contributed by atoms with Crippen molar-refractivity contribution in [1.29, 1.82) is 0 Å². The number of aliphatic imine (C=N–C) groups is 1. The van der Waals surface area contributed by atoms with E-state index in [1.165, 1.54) is 19.2 Å². The summed E-state index contributed by atoms with van der Waals surface area (Å²) in [6.07, 6.45) is 1.86. The summed E-state index contributed by atoms with van der Waals surface area (Å²) in [5.41, 5.74) is 1.54. The van der Waals surface area contributed by atoms with Crippen molar-refractivity contribution in [2.45, 2.75) is 24.7 Å². The van der Waals surface area contributed by atoms with E-state index in [0.717, 1.165) is 12.1 Å². The Balaban J connectivity index is 1.51. The van der Waals surface area contributed by atoms with Crippen LogP contribution in [0.5, 0.6) is 0 Å². The zero-order valence-electron chi connectivity index (χ0n) is 19.4. The zero-order valence-corrected chi connectivity index (χ0v) is 21.0. The van der Waals surface area contributed by atoms with Gasteiger partial charge in [-0.1, -0.05) is 6.92 Å². The van der Waals surface area contributed by atoms with Crippen LogP contribution in [0.3, 0.4) is 0 Å². The van der Waals surface area contributed by atoms with E-state index in [2.05, 4.69) is 19.1 Å². The molecule has 0 spiro atoms. The van der Waals surface area contributed by atoms with Crippen LogP contribution in [0.25, 0.3) is 0 Å². The van der Waals surface area contributed by atoms with Gasteiger partial charge in [0, 0.05) is 30.7 Å². The zero-order chi connectivity index (χ0) is 26.1. The number of amidine groups is 1. The fraction of sp³-hybridized carbons (Fsp3) is 0.261. The molecule has 2 aliphatic rings. The lowest BCUT2D eigenvalue weighted by atomic mass is 9.95. The summed E-state index contributed by atoms with van der Waals surface area (Å²) in [4.78, 5) is 4.30. The van der Waals surface area contributed by atoms with Crippen LogP contribution in [0.2, 0.25) is 0 Å². The number of sulfonamides is 2. The molecule has 2 heterocycles. The molecule has 2 aliphatic heterocycles. The number of nitrogens with zero attached hydrogens (tertiary/aromatic N) is 2. The molecule has 2 aromatic carbocycles. The molecule has 4 rings (SSSR count). The maximum absolute atomic E-state index is 15.0. The number of rotatable bonds is 11. The molecule has 0 saturated heterocycles. The third-order valence-corrected chi connectivity index (χ3v) is 8.29. The van der Waals surface area contributed by atoms with Gasteiger partial charge in [0.05, 0.1) is 16.3 Å². The van der Waals surface area contributed by atoms with Crippen molar-refractivity contribution in [2.75, 3.05) is 24.3 Å². The minimum atomic E-state index is -3.75. The van der Waals surface area contributed by atoms with Crippen molar-refractivity contribution >= 4 is 43.0 Å². The van der Waals surface area contributed by atoms with Crippen LogP contribution in [0, 0.1) is 11.6 Å². The number of hydrogen-bond donors (Lipinski definition) is 2. The lowest BCUT2D eigenvalue weighted by molar-refractivity contribution is 0.194. The molecule has 36 heavy (non-hydrogen) atoms. The number of anilines is 1. The lowest BCUT2D eigenvalue weighted by Gasteiger charge is -2.13. The smallest absolute Gasteiger partial charge is 0.369 e. The van der Waals surface area contributed by atoms with Crippen molar-refractivity contribution in [3.63, 3.8) is 0 Å². The molecule has 0 aliphatic carbocycles. The van der Waals surface area contributed by atoms with Gasteiger partial charge in [-0.25, -0.2) is 25.6 Å². The van der Waals surface area contributed by atoms with Crippen LogP contribution < -0.4 is 14.1 Å². The fourth-order valence-electron chi connectivity index (χ4n) is 3.64. The molecule has 13 heteroatoms. The van der Waals surface area contributed by atoms with Crippen LogP contribution in [0.15, 0.2) is 57.9 Å². The minimum absolute atomic E-state index is 0.0579. The van der Waals surface area contributed by atoms with Gasteiger partial charge in [0.15, 0.2) is 11.5 Å². The highest BCUT2D eigenvalue weighted by Crippen LogP contribution is 2.27. The van der Waals surface area contributed by atoms with Crippen LogP contribution in [-0.2, 0) is 31.2 Å². The van der Waals surface area contributed by atoms with Crippen LogP contribution in [-0.4, -0.2) is 53.7 Å². The number of benzene rings is 2. The van der Waals surface area contributed by atoms with Crippen LogP contribution in [0.1, 0.15) is 24.5 Å². The van der Waals surface area contributed by atoms with Crippen molar-refractivity contribution in [3.8, 4) is 0 Å². The number of methoxy groups -OCH3 is 1. The largest absolute Gasteiger partial charge is 0.427 e. The molecule has 0 radical (unpaired) electrons. The highest BCUT2D eigenvalue weighted by molar-refractivity contribution is 7.92.